The summed E-state index contributed by atoms with van der Waals surface area (Å²) in [6, 6.07) is -2.36. The number of carboxylic acid groups (broad SMARTS) is 1. The zero-order valence-corrected chi connectivity index (χ0v) is 45.2. The molecular weight excluding hydrogens is 955 g/mol. The SMILES string of the molecule is CC(C)CC(CC(=O)CCOCCOCCOCCOCCOCCOCCOCCOCC(C)(C)C)C(=O)N1CCC[C@@H]1C(=O)C[C@@H](CCC(=O)O)C(=O)N[C@H](C(=O)CCC(=O)NCC(=O)C(C)C)[C@@H](C)O. The van der Waals surface area contributed by atoms with Gasteiger partial charge >= 0.3 is 5.97 Å². The molecule has 1 unspecified atom stereocenters. The van der Waals surface area contributed by atoms with Gasteiger partial charge in [-0.1, -0.05) is 48.5 Å². The molecule has 1 rings (SSSR count). The standard InChI is InChI=1S/C52H91N3O18/c1-37(2)32-41(33-42(57)15-17-66-18-19-67-20-21-68-22-23-69-24-25-70-26-27-71-28-29-72-30-31-73-36-52(6,7)8)51(65)55-16-9-10-43(55)45(59)34-40(11-14-48(62)63)50(64)54-49(39(5)56)44(58)12-13-47(61)53-35-46(60)38(3)4/h37-41,43,49,56H,9-36H2,1-8H3,(H,53,61)(H,54,64)(H,62,63)/t39-,40-,41?,43-,49+/m1/s1. The number of amides is 3. The lowest BCUT2D eigenvalue weighted by Crippen LogP contribution is -2.50. The summed E-state index contributed by atoms with van der Waals surface area (Å²) in [7, 11) is 0. The van der Waals surface area contributed by atoms with Crippen LogP contribution in [-0.4, -0.2) is 199 Å². The Balaban J connectivity index is 2.44. The Hall–Kier alpha value is -3.80. The highest BCUT2D eigenvalue weighted by molar-refractivity contribution is 5.96. The van der Waals surface area contributed by atoms with Crippen LogP contribution in [0.1, 0.15) is 120 Å². The number of rotatable bonds is 46. The van der Waals surface area contributed by atoms with Gasteiger partial charge in [-0.15, -0.1) is 0 Å². The monoisotopic (exact) mass is 1050 g/mol. The van der Waals surface area contributed by atoms with Crippen molar-refractivity contribution in [1.29, 1.82) is 0 Å². The zero-order valence-electron chi connectivity index (χ0n) is 45.2. The third-order valence-corrected chi connectivity index (χ3v) is 11.5. The number of nitrogens with one attached hydrogen (secondary N) is 2. The summed E-state index contributed by atoms with van der Waals surface area (Å²) in [5, 5.41) is 24.7. The maximum absolute atomic E-state index is 14.0. The summed E-state index contributed by atoms with van der Waals surface area (Å²) in [6.07, 6.45) is -1.95. The smallest absolute Gasteiger partial charge is 0.303 e. The van der Waals surface area contributed by atoms with Crippen LogP contribution in [0.4, 0.5) is 0 Å². The fourth-order valence-electron chi connectivity index (χ4n) is 7.54. The zero-order chi connectivity index (χ0) is 54.6. The van der Waals surface area contributed by atoms with E-state index in [-0.39, 0.29) is 93.1 Å². The molecule has 0 spiro atoms. The first-order valence-corrected chi connectivity index (χ1v) is 26.1. The normalized spacial score (nSPS) is 15.5. The molecule has 3 amide bonds. The summed E-state index contributed by atoms with van der Waals surface area (Å²) < 4.78 is 44.2. The molecule has 0 radical (unpaired) electrons. The predicted octanol–water partition coefficient (Wildman–Crippen LogP) is 3.16. The number of carbonyl (C=O) groups is 8. The minimum atomic E-state index is -1.46. The number of carbonyl (C=O) groups excluding carboxylic acids is 7. The minimum absolute atomic E-state index is 0.0425. The van der Waals surface area contributed by atoms with Gasteiger partial charge in [-0.3, -0.25) is 38.4 Å². The lowest BCUT2D eigenvalue weighted by atomic mass is 9.89. The van der Waals surface area contributed by atoms with Crippen molar-refractivity contribution in [3.05, 3.63) is 0 Å². The van der Waals surface area contributed by atoms with Crippen LogP contribution in [0.3, 0.4) is 0 Å². The topological polar surface area (TPSA) is 278 Å². The summed E-state index contributed by atoms with van der Waals surface area (Å²) in [4.78, 5) is 105. The summed E-state index contributed by atoms with van der Waals surface area (Å²) in [6.45, 7) is 21.8. The second-order valence-electron chi connectivity index (χ2n) is 20.3. The number of aliphatic hydroxyl groups excluding tert-OH is 1. The molecule has 1 heterocycles. The van der Waals surface area contributed by atoms with E-state index in [0.717, 1.165) is 0 Å². The van der Waals surface area contributed by atoms with Gasteiger partial charge < -0.3 is 63.6 Å². The van der Waals surface area contributed by atoms with E-state index in [1.165, 1.54) is 11.8 Å². The highest BCUT2D eigenvalue weighted by Crippen LogP contribution is 2.28. The third kappa shape index (κ3) is 33.7. The molecular formula is C52H91N3O18. The Morgan fingerprint density at radius 2 is 1.11 bits per heavy atom. The first kappa shape index (κ1) is 67.2. The molecule has 21 heteroatoms. The number of ether oxygens (including phenoxy) is 8. The second-order valence-corrected chi connectivity index (χ2v) is 20.3. The number of hydrogen-bond donors (Lipinski definition) is 4. The summed E-state index contributed by atoms with van der Waals surface area (Å²) in [5.74, 6) is -6.58. The van der Waals surface area contributed by atoms with Crippen molar-refractivity contribution in [2.45, 2.75) is 138 Å². The van der Waals surface area contributed by atoms with Gasteiger partial charge in [0, 0.05) is 62.8 Å². The Kier molecular flexibility index (Phi) is 36.5. The number of aliphatic hydroxyl groups is 1. The molecule has 0 aromatic rings. The average molecular weight is 1050 g/mol. The molecule has 1 aliphatic heterocycles. The predicted molar refractivity (Wildman–Crippen MR) is 269 cm³/mol. The van der Waals surface area contributed by atoms with Gasteiger partial charge in [-0.2, -0.15) is 0 Å². The maximum atomic E-state index is 14.0. The van der Waals surface area contributed by atoms with Gasteiger partial charge in [0.25, 0.3) is 0 Å². The molecule has 4 N–H and O–H groups in total. The largest absolute Gasteiger partial charge is 0.481 e. The number of hydrogen-bond acceptors (Lipinski definition) is 17. The third-order valence-electron chi connectivity index (χ3n) is 11.5. The van der Waals surface area contributed by atoms with Gasteiger partial charge in [0.1, 0.15) is 11.8 Å². The van der Waals surface area contributed by atoms with E-state index in [9.17, 15) is 48.6 Å². The van der Waals surface area contributed by atoms with Crippen LogP contribution in [0.5, 0.6) is 0 Å². The van der Waals surface area contributed by atoms with Gasteiger partial charge in [0.05, 0.1) is 124 Å². The van der Waals surface area contributed by atoms with Gasteiger partial charge in [0.15, 0.2) is 17.3 Å². The van der Waals surface area contributed by atoms with Crippen LogP contribution in [0, 0.1) is 29.1 Å². The molecule has 5 atom stereocenters. The Morgan fingerprint density at radius 1 is 0.616 bits per heavy atom. The quantitative estimate of drug-likeness (QED) is 0.0637. The van der Waals surface area contributed by atoms with E-state index in [0.29, 0.717) is 112 Å². The van der Waals surface area contributed by atoms with Crippen LogP contribution in [0.15, 0.2) is 0 Å². The number of carboxylic acids is 1. The van der Waals surface area contributed by atoms with Crippen LogP contribution in [0.25, 0.3) is 0 Å². The number of likely N-dealkylation sites (tertiary alicyclic amines) is 1. The van der Waals surface area contributed by atoms with E-state index < -0.39 is 72.2 Å². The Morgan fingerprint density at radius 3 is 1.56 bits per heavy atom. The molecule has 73 heavy (non-hydrogen) atoms. The van der Waals surface area contributed by atoms with Crippen LogP contribution in [0.2, 0.25) is 0 Å². The molecule has 0 aromatic heterocycles. The number of ketones is 4. The lowest BCUT2D eigenvalue weighted by Gasteiger charge is -2.30. The molecule has 0 aromatic carbocycles. The molecule has 0 aliphatic carbocycles. The molecule has 1 aliphatic rings. The van der Waals surface area contributed by atoms with Crippen molar-refractivity contribution in [3.8, 4) is 0 Å². The average Bonchev–Trinajstić information content (AvgIpc) is 3.82. The van der Waals surface area contributed by atoms with E-state index in [1.54, 1.807) is 13.8 Å². The highest BCUT2D eigenvalue weighted by Gasteiger charge is 2.39. The first-order chi connectivity index (χ1) is 34.6. The minimum Gasteiger partial charge on any atom is -0.481 e. The molecule has 0 saturated carbocycles. The van der Waals surface area contributed by atoms with Crippen molar-refractivity contribution >= 4 is 46.8 Å². The van der Waals surface area contributed by atoms with Crippen LogP contribution in [-0.2, 0) is 76.3 Å². The van der Waals surface area contributed by atoms with Crippen LogP contribution >= 0.6 is 0 Å². The second kappa shape index (κ2) is 39.6. The van der Waals surface area contributed by atoms with Gasteiger partial charge in [0.2, 0.25) is 17.7 Å². The van der Waals surface area contributed by atoms with Crippen molar-refractivity contribution in [2.24, 2.45) is 29.1 Å². The lowest BCUT2D eigenvalue weighted by molar-refractivity contribution is -0.144. The van der Waals surface area contributed by atoms with E-state index >= 15 is 0 Å². The number of aliphatic carboxylic acids is 1. The van der Waals surface area contributed by atoms with Gasteiger partial charge in [-0.05, 0) is 43.9 Å². The van der Waals surface area contributed by atoms with Crippen molar-refractivity contribution < 1.29 is 86.5 Å². The van der Waals surface area contributed by atoms with E-state index in [4.69, 9.17) is 37.9 Å². The number of Topliss-reactive ketones (excluding diaryl/α,β-unsaturated/α-hetero) is 4. The van der Waals surface area contributed by atoms with Gasteiger partial charge in [-0.25, -0.2) is 0 Å². The Bertz CT molecular complexity index is 1620. The highest BCUT2D eigenvalue weighted by atomic mass is 16.6. The fourth-order valence-corrected chi connectivity index (χ4v) is 7.54. The van der Waals surface area contributed by atoms with Crippen molar-refractivity contribution in [2.75, 3.05) is 119 Å². The summed E-state index contributed by atoms with van der Waals surface area (Å²) >= 11 is 0. The Labute approximate surface area is 433 Å². The molecule has 0 bridgehead atoms. The molecule has 422 valence electrons. The molecule has 21 nitrogen and oxygen atoms in total. The van der Waals surface area contributed by atoms with Crippen molar-refractivity contribution in [3.63, 3.8) is 0 Å². The fraction of sp³-hybridized carbons (Fsp3) is 0.846. The van der Waals surface area contributed by atoms with Crippen LogP contribution < -0.4 is 10.6 Å². The first-order valence-electron chi connectivity index (χ1n) is 26.1. The van der Waals surface area contributed by atoms with E-state index in [1.807, 2.05) is 13.8 Å². The summed E-state index contributed by atoms with van der Waals surface area (Å²) in [5.41, 5.74) is 0.144. The molecule has 1 saturated heterocycles. The van der Waals surface area contributed by atoms with Crippen molar-refractivity contribution in [1.82, 2.24) is 15.5 Å². The maximum Gasteiger partial charge on any atom is 0.303 e. The molecule has 1 fully saturated rings. The van der Waals surface area contributed by atoms with E-state index in [2.05, 4.69) is 31.4 Å². The number of nitrogens with zero attached hydrogens (tertiary/aromatic N) is 1.